The highest BCUT2D eigenvalue weighted by molar-refractivity contribution is 6.07. The zero-order valence-corrected chi connectivity index (χ0v) is 15.8. The quantitative estimate of drug-likeness (QED) is 0.463. The van der Waals surface area contributed by atoms with Gasteiger partial charge in [0.25, 0.3) is 5.91 Å². The molecule has 0 bridgehead atoms. The first kappa shape index (κ1) is 20.0. The molecule has 0 fully saturated rings. The van der Waals surface area contributed by atoms with E-state index in [-0.39, 0.29) is 30.2 Å². The van der Waals surface area contributed by atoms with Crippen molar-refractivity contribution in [3.05, 3.63) is 99.1 Å². The molecule has 0 unspecified atom stereocenters. The van der Waals surface area contributed by atoms with Crippen LogP contribution in [0.15, 0.2) is 66.7 Å². The van der Waals surface area contributed by atoms with E-state index in [0.717, 1.165) is 5.56 Å². The summed E-state index contributed by atoms with van der Waals surface area (Å²) in [6.45, 7) is 1.66. The zero-order chi connectivity index (χ0) is 20.8. The van der Waals surface area contributed by atoms with Gasteiger partial charge in [-0.1, -0.05) is 48.5 Å². The number of rotatable bonds is 7. The van der Waals surface area contributed by atoms with Gasteiger partial charge >= 0.3 is 5.69 Å². The number of nitrogens with one attached hydrogen (secondary N) is 1. The Hall–Kier alpha value is -3.71. The van der Waals surface area contributed by atoms with Crippen molar-refractivity contribution >= 4 is 17.3 Å². The topological polar surface area (TPSA) is 102 Å². The van der Waals surface area contributed by atoms with E-state index < -0.39 is 10.8 Å². The lowest BCUT2D eigenvalue weighted by Crippen LogP contribution is -2.15. The zero-order valence-electron chi connectivity index (χ0n) is 15.8. The van der Waals surface area contributed by atoms with Gasteiger partial charge in [-0.2, -0.15) is 0 Å². The maximum atomic E-state index is 12.7. The normalized spacial score (nSPS) is 10.4. The molecule has 29 heavy (non-hydrogen) atoms. The van der Waals surface area contributed by atoms with Gasteiger partial charge in [0, 0.05) is 5.69 Å². The predicted octanol–water partition coefficient (Wildman–Crippen LogP) is 4.23. The minimum atomic E-state index is -0.628. The van der Waals surface area contributed by atoms with Crippen LogP contribution in [-0.4, -0.2) is 15.9 Å². The van der Waals surface area contributed by atoms with Crippen molar-refractivity contribution in [3.8, 4) is 5.75 Å². The second-order valence-corrected chi connectivity index (χ2v) is 6.45. The van der Waals surface area contributed by atoms with Crippen LogP contribution in [0.25, 0.3) is 0 Å². The molecule has 0 radical (unpaired) electrons. The number of aliphatic hydroxyl groups is 1. The summed E-state index contributed by atoms with van der Waals surface area (Å²) in [5.74, 6) is -0.563. The van der Waals surface area contributed by atoms with Gasteiger partial charge in [-0.3, -0.25) is 14.9 Å². The number of amides is 1. The fourth-order valence-electron chi connectivity index (χ4n) is 2.89. The Morgan fingerprint density at radius 2 is 1.79 bits per heavy atom. The van der Waals surface area contributed by atoms with Crippen molar-refractivity contribution in [1.82, 2.24) is 0 Å². The lowest BCUT2D eigenvalue weighted by molar-refractivity contribution is -0.386. The molecule has 7 heteroatoms. The maximum Gasteiger partial charge on any atom is 0.323 e. The second-order valence-electron chi connectivity index (χ2n) is 6.45. The predicted molar refractivity (Wildman–Crippen MR) is 109 cm³/mol. The van der Waals surface area contributed by atoms with Crippen molar-refractivity contribution in [2.75, 3.05) is 5.32 Å². The number of carbonyl (C=O) groups is 1. The van der Waals surface area contributed by atoms with E-state index in [4.69, 9.17) is 4.74 Å². The van der Waals surface area contributed by atoms with Crippen molar-refractivity contribution in [2.24, 2.45) is 0 Å². The molecule has 0 heterocycles. The number of aliphatic hydroxyl groups excluding tert-OH is 1. The molecule has 0 aliphatic rings. The van der Waals surface area contributed by atoms with E-state index in [0.29, 0.717) is 16.8 Å². The van der Waals surface area contributed by atoms with E-state index in [1.54, 1.807) is 37.3 Å². The summed E-state index contributed by atoms with van der Waals surface area (Å²) in [6.07, 6.45) is 0. The third kappa shape index (κ3) is 4.77. The van der Waals surface area contributed by atoms with Gasteiger partial charge in [-0.25, -0.2) is 0 Å². The molecule has 0 spiro atoms. The van der Waals surface area contributed by atoms with Gasteiger partial charge in [0.1, 0.15) is 12.2 Å². The van der Waals surface area contributed by atoms with Gasteiger partial charge in [0.15, 0.2) is 0 Å². The Labute approximate surface area is 167 Å². The summed E-state index contributed by atoms with van der Waals surface area (Å²) in [4.78, 5) is 23.9. The first-order valence-electron chi connectivity index (χ1n) is 8.95. The molecule has 148 valence electrons. The summed E-state index contributed by atoms with van der Waals surface area (Å²) in [7, 11) is 0. The minimum absolute atomic E-state index is 0.0654. The molecule has 2 N–H and O–H groups in total. The molecule has 3 rings (SSSR count). The van der Waals surface area contributed by atoms with Crippen LogP contribution in [0.5, 0.6) is 5.75 Å². The van der Waals surface area contributed by atoms with Crippen LogP contribution < -0.4 is 10.1 Å². The average molecular weight is 392 g/mol. The van der Waals surface area contributed by atoms with Gasteiger partial charge in [-0.05, 0) is 41.8 Å². The van der Waals surface area contributed by atoms with Crippen LogP contribution in [-0.2, 0) is 13.2 Å². The number of carbonyl (C=O) groups excluding carboxylic acids is 1. The van der Waals surface area contributed by atoms with E-state index in [1.165, 1.54) is 6.07 Å². The smallest absolute Gasteiger partial charge is 0.323 e. The number of benzene rings is 3. The highest BCUT2D eigenvalue weighted by Crippen LogP contribution is 2.35. The highest BCUT2D eigenvalue weighted by atomic mass is 16.6. The number of aryl methyl sites for hydroxylation is 1. The third-order valence-electron chi connectivity index (χ3n) is 4.35. The molecule has 1 amide bonds. The maximum absolute atomic E-state index is 12.7. The van der Waals surface area contributed by atoms with E-state index in [1.807, 2.05) is 30.3 Å². The molecule has 0 aliphatic heterocycles. The molecule has 0 aliphatic carbocycles. The third-order valence-corrected chi connectivity index (χ3v) is 4.35. The summed E-state index contributed by atoms with van der Waals surface area (Å²) in [6, 6.07) is 18.9. The van der Waals surface area contributed by atoms with Crippen molar-refractivity contribution in [1.29, 1.82) is 0 Å². The second kappa shape index (κ2) is 8.99. The minimum Gasteiger partial charge on any atom is -0.482 e. The summed E-state index contributed by atoms with van der Waals surface area (Å²) >= 11 is 0. The summed E-state index contributed by atoms with van der Waals surface area (Å²) in [5.41, 5.74) is 1.99. The fraction of sp³-hybridized carbons (Fsp3) is 0.136. The Kier molecular flexibility index (Phi) is 6.21. The van der Waals surface area contributed by atoms with Crippen molar-refractivity contribution in [2.45, 2.75) is 20.1 Å². The van der Waals surface area contributed by atoms with E-state index >= 15 is 0 Å². The number of ether oxygens (including phenoxy) is 1. The van der Waals surface area contributed by atoms with Crippen molar-refractivity contribution < 1.29 is 19.6 Å². The Morgan fingerprint density at radius 1 is 1.07 bits per heavy atom. The molecule has 3 aromatic carbocycles. The fourth-order valence-corrected chi connectivity index (χ4v) is 2.89. The standard InChI is InChI=1S/C22H20N2O5/c1-15-10-11-19(22(26)23-18-9-5-8-17(12-18)13-25)20(24(27)28)21(15)29-14-16-6-3-2-4-7-16/h2-12,25H,13-14H2,1H3,(H,23,26). The largest absolute Gasteiger partial charge is 0.482 e. The van der Waals surface area contributed by atoms with Crippen LogP contribution in [0.2, 0.25) is 0 Å². The van der Waals surface area contributed by atoms with Gasteiger partial charge in [-0.15, -0.1) is 0 Å². The number of nitro benzene ring substituents is 1. The van der Waals surface area contributed by atoms with Crippen LogP contribution in [0, 0.1) is 17.0 Å². The Balaban J connectivity index is 1.91. The Morgan fingerprint density at radius 3 is 2.48 bits per heavy atom. The number of nitrogens with zero attached hydrogens (tertiary/aromatic N) is 1. The number of hydrogen-bond donors (Lipinski definition) is 2. The number of anilines is 1. The van der Waals surface area contributed by atoms with Crippen LogP contribution in [0.1, 0.15) is 27.0 Å². The summed E-state index contributed by atoms with van der Waals surface area (Å²) in [5, 5.41) is 23.6. The van der Waals surface area contributed by atoms with Gasteiger partial charge in [0.05, 0.1) is 11.5 Å². The monoisotopic (exact) mass is 392 g/mol. The van der Waals surface area contributed by atoms with Gasteiger partial charge in [0.2, 0.25) is 5.75 Å². The average Bonchev–Trinajstić information content (AvgIpc) is 2.73. The lowest BCUT2D eigenvalue weighted by Gasteiger charge is -2.13. The molecule has 7 nitrogen and oxygen atoms in total. The van der Waals surface area contributed by atoms with Gasteiger partial charge < -0.3 is 15.2 Å². The lowest BCUT2D eigenvalue weighted by atomic mass is 10.1. The molecule has 0 saturated heterocycles. The van der Waals surface area contributed by atoms with E-state index in [9.17, 15) is 20.0 Å². The van der Waals surface area contributed by atoms with Crippen molar-refractivity contribution in [3.63, 3.8) is 0 Å². The molecule has 0 aromatic heterocycles. The molecule has 0 atom stereocenters. The van der Waals surface area contributed by atoms with Crippen LogP contribution in [0.4, 0.5) is 11.4 Å². The molecule has 0 saturated carbocycles. The number of hydrogen-bond acceptors (Lipinski definition) is 5. The summed E-state index contributed by atoms with van der Waals surface area (Å²) < 4.78 is 5.74. The number of nitro groups is 1. The first-order chi connectivity index (χ1) is 14.0. The Bertz CT molecular complexity index is 1030. The first-order valence-corrected chi connectivity index (χ1v) is 8.95. The SMILES string of the molecule is Cc1ccc(C(=O)Nc2cccc(CO)c2)c([N+](=O)[O-])c1OCc1ccccc1. The van der Waals surface area contributed by atoms with E-state index in [2.05, 4.69) is 5.32 Å². The molecular weight excluding hydrogens is 372 g/mol. The van der Waals surface area contributed by atoms with Crippen LogP contribution in [0.3, 0.4) is 0 Å². The molecule has 3 aromatic rings. The van der Waals surface area contributed by atoms with Crippen LogP contribution >= 0.6 is 0 Å². The molecular formula is C22H20N2O5. The highest BCUT2D eigenvalue weighted by Gasteiger charge is 2.27.